The summed E-state index contributed by atoms with van der Waals surface area (Å²) >= 11 is 1.61. The third kappa shape index (κ3) is 3.14. The van der Waals surface area contributed by atoms with Crippen molar-refractivity contribution in [1.29, 1.82) is 0 Å². The second-order valence-electron chi connectivity index (χ2n) is 6.14. The maximum absolute atomic E-state index is 12.2. The lowest BCUT2D eigenvalue weighted by atomic mass is 9.90. The van der Waals surface area contributed by atoms with Gasteiger partial charge in [0.1, 0.15) is 0 Å². The van der Waals surface area contributed by atoms with E-state index in [-0.39, 0.29) is 5.91 Å². The van der Waals surface area contributed by atoms with Crippen LogP contribution in [0.2, 0.25) is 0 Å². The Morgan fingerprint density at radius 1 is 1.45 bits per heavy atom. The van der Waals surface area contributed by atoms with Crippen LogP contribution in [-0.4, -0.2) is 17.1 Å². The number of carbonyl (C=O) groups is 1. The van der Waals surface area contributed by atoms with E-state index >= 15 is 0 Å². The number of rotatable bonds is 3. The van der Waals surface area contributed by atoms with Crippen molar-refractivity contribution in [3.8, 4) is 0 Å². The second kappa shape index (κ2) is 6.08. The standard InChI is InChI=1S/C17H21N3OS/c1-10-4-5-15-13(6-10)8-16(22-15)17(21)20-18-9-14-7-11(2)19-12(14)3/h7-10,19H,4-6H2,1-3H3,(H,20,21)/b18-9+/t10-/m1/s1. The molecule has 0 saturated heterocycles. The number of aryl methyl sites for hydroxylation is 3. The van der Waals surface area contributed by atoms with Crippen LogP contribution in [0.3, 0.4) is 0 Å². The Balaban J connectivity index is 1.66. The smallest absolute Gasteiger partial charge is 0.281 e. The summed E-state index contributed by atoms with van der Waals surface area (Å²) in [5.41, 5.74) is 7.11. The Kier molecular flexibility index (Phi) is 4.16. The minimum absolute atomic E-state index is 0.117. The van der Waals surface area contributed by atoms with Gasteiger partial charge in [0.05, 0.1) is 11.1 Å². The van der Waals surface area contributed by atoms with Gasteiger partial charge in [-0.2, -0.15) is 5.10 Å². The molecule has 1 aliphatic rings. The first-order chi connectivity index (χ1) is 10.5. The number of H-pyrrole nitrogens is 1. The highest BCUT2D eigenvalue weighted by atomic mass is 32.1. The molecule has 2 N–H and O–H groups in total. The molecule has 0 saturated carbocycles. The number of aromatic nitrogens is 1. The van der Waals surface area contributed by atoms with Crippen LogP contribution in [0.5, 0.6) is 0 Å². The van der Waals surface area contributed by atoms with E-state index in [1.165, 1.54) is 16.9 Å². The first kappa shape index (κ1) is 15.0. The largest absolute Gasteiger partial charge is 0.362 e. The lowest BCUT2D eigenvalue weighted by Gasteiger charge is -2.16. The van der Waals surface area contributed by atoms with E-state index in [9.17, 15) is 4.79 Å². The molecule has 0 unspecified atom stereocenters. The van der Waals surface area contributed by atoms with Crippen LogP contribution in [0.1, 0.15) is 50.4 Å². The Labute approximate surface area is 134 Å². The van der Waals surface area contributed by atoms with Crippen molar-refractivity contribution >= 4 is 23.5 Å². The molecule has 0 radical (unpaired) electrons. The number of hydrogen-bond donors (Lipinski definition) is 2. The maximum atomic E-state index is 12.2. The summed E-state index contributed by atoms with van der Waals surface area (Å²) < 4.78 is 0. The topological polar surface area (TPSA) is 57.2 Å². The van der Waals surface area contributed by atoms with Gasteiger partial charge in [-0.25, -0.2) is 5.43 Å². The van der Waals surface area contributed by atoms with Crippen molar-refractivity contribution in [2.75, 3.05) is 0 Å². The lowest BCUT2D eigenvalue weighted by molar-refractivity contribution is 0.0959. The van der Waals surface area contributed by atoms with Crippen molar-refractivity contribution < 1.29 is 4.79 Å². The molecule has 0 fully saturated rings. The number of nitrogens with one attached hydrogen (secondary N) is 2. The molecule has 2 heterocycles. The van der Waals surface area contributed by atoms with Gasteiger partial charge in [0.15, 0.2) is 0 Å². The van der Waals surface area contributed by atoms with Gasteiger partial charge in [0.2, 0.25) is 0 Å². The highest BCUT2D eigenvalue weighted by Crippen LogP contribution is 2.32. The molecule has 1 amide bonds. The van der Waals surface area contributed by atoms with Gasteiger partial charge in [0.25, 0.3) is 5.91 Å². The van der Waals surface area contributed by atoms with E-state index in [0.29, 0.717) is 0 Å². The van der Waals surface area contributed by atoms with Crippen molar-refractivity contribution in [1.82, 2.24) is 10.4 Å². The summed E-state index contributed by atoms with van der Waals surface area (Å²) in [6.07, 6.45) is 5.09. The molecule has 0 aliphatic heterocycles. The molecular formula is C17H21N3OS. The normalized spacial score (nSPS) is 17.7. The molecule has 0 spiro atoms. The molecule has 0 aromatic carbocycles. The van der Waals surface area contributed by atoms with Gasteiger partial charge in [-0.1, -0.05) is 6.92 Å². The highest BCUT2D eigenvalue weighted by molar-refractivity contribution is 7.14. The molecule has 4 nitrogen and oxygen atoms in total. The van der Waals surface area contributed by atoms with Gasteiger partial charge < -0.3 is 4.98 Å². The molecule has 2 aromatic rings. The zero-order valence-electron chi connectivity index (χ0n) is 13.2. The fourth-order valence-electron chi connectivity index (χ4n) is 2.91. The minimum Gasteiger partial charge on any atom is -0.362 e. The predicted octanol–water partition coefficient (Wildman–Crippen LogP) is 3.58. The van der Waals surface area contributed by atoms with Crippen LogP contribution in [-0.2, 0) is 12.8 Å². The minimum atomic E-state index is -0.117. The number of thiophene rings is 1. The van der Waals surface area contributed by atoms with Crippen molar-refractivity contribution in [3.05, 3.63) is 44.4 Å². The maximum Gasteiger partial charge on any atom is 0.281 e. The zero-order chi connectivity index (χ0) is 15.7. The summed E-state index contributed by atoms with van der Waals surface area (Å²) in [6, 6.07) is 4.04. The number of nitrogens with zero attached hydrogens (tertiary/aromatic N) is 1. The van der Waals surface area contributed by atoms with Crippen LogP contribution >= 0.6 is 11.3 Å². The van der Waals surface area contributed by atoms with Crippen molar-refractivity contribution in [2.24, 2.45) is 11.0 Å². The number of carbonyl (C=O) groups excluding carboxylic acids is 1. The monoisotopic (exact) mass is 315 g/mol. The Morgan fingerprint density at radius 2 is 2.27 bits per heavy atom. The summed E-state index contributed by atoms with van der Waals surface area (Å²) in [5, 5.41) is 4.08. The fraction of sp³-hybridized carbons (Fsp3) is 0.412. The molecule has 5 heteroatoms. The summed E-state index contributed by atoms with van der Waals surface area (Å²) in [4.78, 5) is 17.5. The summed E-state index contributed by atoms with van der Waals surface area (Å²) in [5.74, 6) is 0.601. The number of fused-ring (bicyclic) bond motifs is 1. The Morgan fingerprint density at radius 3 is 3.00 bits per heavy atom. The van der Waals surface area contributed by atoms with Crippen LogP contribution in [0.4, 0.5) is 0 Å². The Bertz CT molecular complexity index is 726. The van der Waals surface area contributed by atoms with Crippen LogP contribution in [0.25, 0.3) is 0 Å². The molecule has 116 valence electrons. The fourth-order valence-corrected chi connectivity index (χ4v) is 4.01. The van der Waals surface area contributed by atoms with Crippen molar-refractivity contribution in [2.45, 2.75) is 40.0 Å². The average Bonchev–Trinajstić information content (AvgIpc) is 3.01. The number of aromatic amines is 1. The third-order valence-corrected chi connectivity index (χ3v) is 5.35. The van der Waals surface area contributed by atoms with Crippen LogP contribution in [0, 0.1) is 19.8 Å². The van der Waals surface area contributed by atoms with Gasteiger partial charge >= 0.3 is 0 Å². The van der Waals surface area contributed by atoms with E-state index in [0.717, 1.165) is 40.6 Å². The first-order valence-electron chi connectivity index (χ1n) is 7.64. The van der Waals surface area contributed by atoms with Crippen LogP contribution < -0.4 is 5.43 Å². The molecule has 0 bridgehead atoms. The molecular weight excluding hydrogens is 294 g/mol. The quantitative estimate of drug-likeness (QED) is 0.660. The lowest BCUT2D eigenvalue weighted by Crippen LogP contribution is -2.16. The Hall–Kier alpha value is -1.88. The summed E-state index contributed by atoms with van der Waals surface area (Å²) in [6.45, 7) is 6.26. The van der Waals surface area contributed by atoms with Gasteiger partial charge in [-0.15, -0.1) is 11.3 Å². The molecule has 22 heavy (non-hydrogen) atoms. The molecule has 1 aliphatic carbocycles. The molecule has 2 aromatic heterocycles. The highest BCUT2D eigenvalue weighted by Gasteiger charge is 2.20. The van der Waals surface area contributed by atoms with E-state index in [1.807, 2.05) is 26.0 Å². The van der Waals surface area contributed by atoms with E-state index < -0.39 is 0 Å². The summed E-state index contributed by atoms with van der Waals surface area (Å²) in [7, 11) is 0. The molecule has 3 rings (SSSR count). The van der Waals surface area contributed by atoms with Gasteiger partial charge in [-0.05, 0) is 56.7 Å². The first-order valence-corrected chi connectivity index (χ1v) is 8.46. The van der Waals surface area contributed by atoms with Crippen LogP contribution in [0.15, 0.2) is 17.2 Å². The van der Waals surface area contributed by atoms with Gasteiger partial charge in [0, 0.05) is 21.8 Å². The number of hydrazone groups is 1. The second-order valence-corrected chi connectivity index (χ2v) is 7.28. The van der Waals surface area contributed by atoms with Gasteiger partial charge in [-0.3, -0.25) is 4.79 Å². The van der Waals surface area contributed by atoms with Crippen molar-refractivity contribution in [3.63, 3.8) is 0 Å². The SMILES string of the molecule is Cc1cc(/C=N/NC(=O)c2cc3c(s2)CC[C@@H](C)C3)c(C)[nH]1. The van der Waals surface area contributed by atoms with E-state index in [2.05, 4.69) is 22.4 Å². The van der Waals surface area contributed by atoms with E-state index in [1.54, 1.807) is 17.6 Å². The number of hydrogen-bond acceptors (Lipinski definition) is 3. The predicted molar refractivity (Wildman–Crippen MR) is 90.8 cm³/mol. The molecule has 1 atom stereocenters. The average molecular weight is 315 g/mol. The number of amides is 1. The zero-order valence-corrected chi connectivity index (χ0v) is 14.0. The third-order valence-electron chi connectivity index (χ3n) is 4.11. The van der Waals surface area contributed by atoms with E-state index in [4.69, 9.17) is 0 Å².